The summed E-state index contributed by atoms with van der Waals surface area (Å²) in [6, 6.07) is 8.62. The van der Waals surface area contributed by atoms with Crippen molar-refractivity contribution in [2.24, 2.45) is 0 Å². The lowest BCUT2D eigenvalue weighted by Gasteiger charge is -2.15. The van der Waals surface area contributed by atoms with Crippen molar-refractivity contribution < 1.29 is 9.47 Å². The molecule has 1 N–H and O–H groups in total. The lowest BCUT2D eigenvalue weighted by Crippen LogP contribution is -2.29. The van der Waals surface area contributed by atoms with Crippen LogP contribution in [0.1, 0.15) is 18.9 Å². The Morgan fingerprint density at radius 1 is 1.24 bits per heavy atom. The first-order chi connectivity index (χ1) is 8.27. The summed E-state index contributed by atoms with van der Waals surface area (Å²) in [6.07, 6.45) is 2.03. The zero-order chi connectivity index (χ0) is 12.5. The van der Waals surface area contributed by atoms with Crippen LogP contribution in [0.5, 0.6) is 5.75 Å². The Hall–Kier alpha value is -1.06. The third-order valence-corrected chi connectivity index (χ3v) is 2.74. The summed E-state index contributed by atoms with van der Waals surface area (Å²) in [5.74, 6) is 0.970. The van der Waals surface area contributed by atoms with Crippen LogP contribution in [-0.2, 0) is 11.2 Å². The van der Waals surface area contributed by atoms with E-state index in [1.165, 1.54) is 5.56 Å². The quantitative estimate of drug-likeness (QED) is 0.703. The maximum absolute atomic E-state index is 5.34. The van der Waals surface area contributed by atoms with E-state index >= 15 is 0 Å². The van der Waals surface area contributed by atoms with Gasteiger partial charge in [0.25, 0.3) is 0 Å². The number of hydrogen-bond donors (Lipinski definition) is 1. The largest absolute Gasteiger partial charge is 0.496 e. The molecule has 0 aliphatic heterocycles. The molecule has 1 aromatic rings. The van der Waals surface area contributed by atoms with Crippen molar-refractivity contribution in [3.05, 3.63) is 29.8 Å². The van der Waals surface area contributed by atoms with Crippen molar-refractivity contribution in [3.63, 3.8) is 0 Å². The highest BCUT2D eigenvalue weighted by molar-refractivity contribution is 5.33. The highest BCUT2D eigenvalue weighted by Gasteiger charge is 2.06. The van der Waals surface area contributed by atoms with Gasteiger partial charge >= 0.3 is 0 Å². The Morgan fingerprint density at radius 2 is 2.00 bits per heavy atom. The molecule has 1 atom stereocenters. The molecule has 1 unspecified atom stereocenters. The van der Waals surface area contributed by atoms with Crippen LogP contribution in [0.2, 0.25) is 0 Å². The molecule has 0 spiro atoms. The number of para-hydroxylation sites is 1. The molecule has 0 heterocycles. The lowest BCUT2D eigenvalue weighted by molar-refractivity contribution is 0.193. The fraction of sp³-hybridized carbons (Fsp3) is 0.571. The van der Waals surface area contributed by atoms with Gasteiger partial charge in [-0.1, -0.05) is 18.2 Å². The molecule has 3 nitrogen and oxygen atoms in total. The van der Waals surface area contributed by atoms with Crippen molar-refractivity contribution >= 4 is 0 Å². The van der Waals surface area contributed by atoms with Gasteiger partial charge in [-0.15, -0.1) is 0 Å². The summed E-state index contributed by atoms with van der Waals surface area (Å²) in [5, 5.41) is 3.48. The molecule has 0 bridgehead atoms. The summed E-state index contributed by atoms with van der Waals surface area (Å²) in [6.45, 7) is 4.00. The van der Waals surface area contributed by atoms with Gasteiger partial charge in [0.05, 0.1) is 7.11 Å². The Labute approximate surface area is 104 Å². The smallest absolute Gasteiger partial charge is 0.122 e. The second kappa shape index (κ2) is 8.09. The molecule has 3 heteroatoms. The predicted molar refractivity (Wildman–Crippen MR) is 70.7 cm³/mol. The van der Waals surface area contributed by atoms with E-state index in [1.54, 1.807) is 14.2 Å². The minimum absolute atomic E-state index is 0.447. The van der Waals surface area contributed by atoms with Crippen LogP contribution in [0.25, 0.3) is 0 Å². The van der Waals surface area contributed by atoms with Gasteiger partial charge in [-0.3, -0.25) is 0 Å². The number of hydrogen-bond acceptors (Lipinski definition) is 3. The van der Waals surface area contributed by atoms with E-state index in [2.05, 4.69) is 24.4 Å². The van der Waals surface area contributed by atoms with Crippen LogP contribution in [-0.4, -0.2) is 33.4 Å². The van der Waals surface area contributed by atoms with Crippen LogP contribution in [0, 0.1) is 0 Å². The van der Waals surface area contributed by atoms with Gasteiger partial charge < -0.3 is 14.8 Å². The van der Waals surface area contributed by atoms with E-state index < -0.39 is 0 Å². The number of methoxy groups -OCH3 is 2. The highest BCUT2D eigenvalue weighted by Crippen LogP contribution is 2.18. The average molecular weight is 237 g/mol. The molecule has 17 heavy (non-hydrogen) atoms. The monoisotopic (exact) mass is 237 g/mol. The highest BCUT2D eigenvalue weighted by atomic mass is 16.5. The normalized spacial score (nSPS) is 12.4. The Morgan fingerprint density at radius 3 is 2.71 bits per heavy atom. The molecule has 0 saturated carbocycles. The molecule has 0 aliphatic rings. The Kier molecular flexibility index (Phi) is 6.67. The zero-order valence-electron chi connectivity index (χ0n) is 11.0. The maximum atomic E-state index is 5.34. The Bertz CT molecular complexity index is 315. The molecule has 0 aliphatic carbocycles. The number of benzene rings is 1. The van der Waals surface area contributed by atoms with Crippen molar-refractivity contribution in [1.29, 1.82) is 0 Å². The summed E-state index contributed by atoms with van der Waals surface area (Å²) in [4.78, 5) is 0. The van der Waals surface area contributed by atoms with Crippen LogP contribution < -0.4 is 10.1 Å². The van der Waals surface area contributed by atoms with Gasteiger partial charge in [0.1, 0.15) is 5.75 Å². The number of ether oxygens (including phenoxy) is 2. The average Bonchev–Trinajstić information content (AvgIpc) is 2.35. The molecule has 1 rings (SSSR count). The molecule has 1 aromatic carbocycles. The fourth-order valence-corrected chi connectivity index (χ4v) is 1.84. The summed E-state index contributed by atoms with van der Waals surface area (Å²) in [5.41, 5.74) is 1.25. The third-order valence-electron chi connectivity index (χ3n) is 2.74. The predicted octanol–water partition coefficient (Wildman–Crippen LogP) is 2.25. The van der Waals surface area contributed by atoms with E-state index in [-0.39, 0.29) is 0 Å². The van der Waals surface area contributed by atoms with E-state index in [4.69, 9.17) is 9.47 Å². The maximum Gasteiger partial charge on any atom is 0.122 e. The minimum atomic E-state index is 0.447. The first-order valence-corrected chi connectivity index (χ1v) is 6.12. The summed E-state index contributed by atoms with van der Waals surface area (Å²) >= 11 is 0. The minimum Gasteiger partial charge on any atom is -0.496 e. The van der Waals surface area contributed by atoms with Crippen LogP contribution in [0.4, 0.5) is 0 Å². The van der Waals surface area contributed by atoms with Crippen molar-refractivity contribution in [2.45, 2.75) is 25.8 Å². The Balaban J connectivity index is 2.36. The summed E-state index contributed by atoms with van der Waals surface area (Å²) in [7, 11) is 3.45. The topological polar surface area (TPSA) is 30.5 Å². The first-order valence-electron chi connectivity index (χ1n) is 6.12. The second-order valence-corrected chi connectivity index (χ2v) is 4.22. The SMILES string of the molecule is COCCCNC(C)Cc1ccccc1OC. The van der Waals surface area contributed by atoms with E-state index in [9.17, 15) is 0 Å². The van der Waals surface area contributed by atoms with Crippen molar-refractivity contribution in [2.75, 3.05) is 27.4 Å². The van der Waals surface area contributed by atoms with E-state index in [0.29, 0.717) is 6.04 Å². The molecule has 0 amide bonds. The molecule has 0 aromatic heterocycles. The zero-order valence-corrected chi connectivity index (χ0v) is 11.0. The van der Waals surface area contributed by atoms with Gasteiger partial charge in [-0.25, -0.2) is 0 Å². The second-order valence-electron chi connectivity index (χ2n) is 4.22. The molecular formula is C14H23NO2. The molecule has 96 valence electrons. The molecule has 0 saturated heterocycles. The van der Waals surface area contributed by atoms with Crippen LogP contribution in [0.3, 0.4) is 0 Å². The van der Waals surface area contributed by atoms with Crippen molar-refractivity contribution in [1.82, 2.24) is 5.32 Å². The van der Waals surface area contributed by atoms with Crippen LogP contribution in [0.15, 0.2) is 24.3 Å². The number of rotatable bonds is 8. The van der Waals surface area contributed by atoms with Gasteiger partial charge in [-0.05, 0) is 37.9 Å². The fourth-order valence-electron chi connectivity index (χ4n) is 1.84. The van der Waals surface area contributed by atoms with Gasteiger partial charge in [0, 0.05) is 19.8 Å². The molecule has 0 fully saturated rings. The van der Waals surface area contributed by atoms with Crippen LogP contribution >= 0.6 is 0 Å². The first kappa shape index (κ1) is 14.0. The van der Waals surface area contributed by atoms with Crippen molar-refractivity contribution in [3.8, 4) is 5.75 Å². The molecular weight excluding hydrogens is 214 g/mol. The van der Waals surface area contributed by atoms with E-state index in [1.807, 2.05) is 12.1 Å². The molecule has 0 radical (unpaired) electrons. The lowest BCUT2D eigenvalue weighted by atomic mass is 10.1. The summed E-state index contributed by atoms with van der Waals surface area (Å²) < 4.78 is 10.4. The van der Waals surface area contributed by atoms with E-state index in [0.717, 1.165) is 31.7 Å². The number of nitrogens with one attached hydrogen (secondary N) is 1. The van der Waals surface area contributed by atoms with Gasteiger partial charge in [0.2, 0.25) is 0 Å². The standard InChI is InChI=1S/C14H23NO2/c1-12(15-9-6-10-16-2)11-13-7-4-5-8-14(13)17-3/h4-5,7-8,12,15H,6,9-11H2,1-3H3. The van der Waals surface area contributed by atoms with Gasteiger partial charge in [-0.2, -0.15) is 0 Å². The third kappa shape index (κ3) is 5.20. The van der Waals surface area contributed by atoms with Gasteiger partial charge in [0.15, 0.2) is 0 Å².